The molecule has 1 aliphatic rings. The first-order valence-electron chi connectivity index (χ1n) is 7.29. The topological polar surface area (TPSA) is 38.5 Å². The lowest BCUT2D eigenvalue weighted by atomic mass is 9.92. The summed E-state index contributed by atoms with van der Waals surface area (Å²) in [7, 11) is 0. The zero-order valence-corrected chi connectivity index (χ0v) is 13.2. The minimum Gasteiger partial charge on any atom is -0.492 e. The zero-order valence-electron chi connectivity index (χ0n) is 12.3. The number of hydrogen-bond acceptors (Lipinski definition) is 3. The van der Waals surface area contributed by atoms with Crippen LogP contribution in [0.5, 0.6) is 5.75 Å². The molecule has 1 aromatic rings. The van der Waals surface area contributed by atoms with Crippen molar-refractivity contribution in [1.29, 1.82) is 0 Å². The average Bonchev–Trinajstić information content (AvgIpc) is 2.38. The minimum absolute atomic E-state index is 0.424. The average molecular weight is 292 g/mol. The number of thiocarbonyl (C=S) groups is 1. The molecule has 2 atom stereocenters. The summed E-state index contributed by atoms with van der Waals surface area (Å²) in [6.07, 6.45) is 1.35. The van der Waals surface area contributed by atoms with Gasteiger partial charge in [-0.15, -0.1) is 0 Å². The van der Waals surface area contributed by atoms with E-state index in [1.807, 2.05) is 24.3 Å². The maximum Gasteiger partial charge on any atom is 0.119 e. The highest BCUT2D eigenvalue weighted by molar-refractivity contribution is 7.80. The number of benzene rings is 1. The molecule has 0 saturated carbocycles. The number of hydrogen-bond donors (Lipinski definition) is 1. The van der Waals surface area contributed by atoms with Gasteiger partial charge in [-0.25, -0.2) is 0 Å². The van der Waals surface area contributed by atoms with Gasteiger partial charge in [0.2, 0.25) is 0 Å². The molecule has 1 heterocycles. The Morgan fingerprint density at radius 2 is 1.85 bits per heavy atom. The number of piperidine rings is 1. The second kappa shape index (κ2) is 7.04. The minimum atomic E-state index is 0.424. The van der Waals surface area contributed by atoms with Crippen LogP contribution in [-0.2, 0) is 0 Å². The van der Waals surface area contributed by atoms with Crippen molar-refractivity contribution in [3.8, 4) is 5.75 Å². The van der Waals surface area contributed by atoms with E-state index in [0.29, 0.717) is 4.99 Å². The van der Waals surface area contributed by atoms with E-state index in [4.69, 9.17) is 22.7 Å². The third-order valence-corrected chi connectivity index (χ3v) is 4.00. The fourth-order valence-corrected chi connectivity index (χ4v) is 3.12. The van der Waals surface area contributed by atoms with E-state index in [1.54, 1.807) is 0 Å². The van der Waals surface area contributed by atoms with E-state index in [-0.39, 0.29) is 0 Å². The van der Waals surface area contributed by atoms with Crippen molar-refractivity contribution < 1.29 is 4.74 Å². The number of nitrogens with zero attached hydrogens (tertiary/aromatic N) is 1. The Bertz CT molecular complexity index is 436. The predicted octanol–water partition coefficient (Wildman–Crippen LogP) is 2.68. The van der Waals surface area contributed by atoms with E-state index in [9.17, 15) is 0 Å². The summed E-state index contributed by atoms with van der Waals surface area (Å²) in [5.74, 6) is 2.47. The summed E-state index contributed by atoms with van der Waals surface area (Å²) in [4.78, 5) is 2.93. The lowest BCUT2D eigenvalue weighted by molar-refractivity contribution is 0.120. The molecule has 0 spiro atoms. The summed E-state index contributed by atoms with van der Waals surface area (Å²) in [5, 5.41) is 0. The van der Waals surface area contributed by atoms with E-state index in [2.05, 4.69) is 18.7 Å². The molecular formula is C16H24N2OS. The SMILES string of the molecule is CC1CC(C)CN(CCOc2ccc(C(N)=S)cc2)C1. The number of ether oxygens (including phenoxy) is 1. The Hall–Kier alpha value is -1.13. The molecular weight excluding hydrogens is 268 g/mol. The van der Waals surface area contributed by atoms with Gasteiger partial charge >= 0.3 is 0 Å². The molecule has 4 heteroatoms. The van der Waals surface area contributed by atoms with Gasteiger partial charge in [0.15, 0.2) is 0 Å². The van der Waals surface area contributed by atoms with Crippen LogP contribution in [0.15, 0.2) is 24.3 Å². The Kier molecular flexibility index (Phi) is 5.38. The molecule has 0 bridgehead atoms. The van der Waals surface area contributed by atoms with Crippen LogP contribution in [0.3, 0.4) is 0 Å². The third kappa shape index (κ3) is 4.46. The number of rotatable bonds is 5. The molecule has 0 aromatic heterocycles. The van der Waals surface area contributed by atoms with Gasteiger partial charge in [0, 0.05) is 25.2 Å². The van der Waals surface area contributed by atoms with E-state index >= 15 is 0 Å². The molecule has 3 nitrogen and oxygen atoms in total. The summed E-state index contributed by atoms with van der Waals surface area (Å²) >= 11 is 4.93. The monoisotopic (exact) mass is 292 g/mol. The van der Waals surface area contributed by atoms with Crippen LogP contribution < -0.4 is 10.5 Å². The Balaban J connectivity index is 1.76. The van der Waals surface area contributed by atoms with Crippen LogP contribution in [-0.4, -0.2) is 36.1 Å². The molecule has 1 aromatic carbocycles. The van der Waals surface area contributed by atoms with Gasteiger partial charge in [0.1, 0.15) is 17.3 Å². The first-order valence-corrected chi connectivity index (χ1v) is 7.70. The van der Waals surface area contributed by atoms with Crippen LogP contribution in [0.2, 0.25) is 0 Å². The first kappa shape index (κ1) is 15.3. The van der Waals surface area contributed by atoms with Gasteiger partial charge in [-0.3, -0.25) is 4.90 Å². The third-order valence-electron chi connectivity index (χ3n) is 3.76. The largest absolute Gasteiger partial charge is 0.492 e. The first-order chi connectivity index (χ1) is 9.54. The number of nitrogens with two attached hydrogens (primary N) is 1. The number of likely N-dealkylation sites (tertiary alicyclic amines) is 1. The molecule has 1 fully saturated rings. The Morgan fingerprint density at radius 3 is 2.40 bits per heavy atom. The highest BCUT2D eigenvalue weighted by Gasteiger charge is 2.21. The van der Waals surface area contributed by atoms with Gasteiger partial charge < -0.3 is 10.5 Å². The van der Waals surface area contributed by atoms with Crippen LogP contribution in [0.1, 0.15) is 25.8 Å². The molecule has 20 heavy (non-hydrogen) atoms. The van der Waals surface area contributed by atoms with Gasteiger partial charge in [0.25, 0.3) is 0 Å². The van der Waals surface area contributed by atoms with Crippen molar-refractivity contribution in [1.82, 2.24) is 4.90 Å². The van der Waals surface area contributed by atoms with Crippen molar-refractivity contribution >= 4 is 17.2 Å². The molecule has 0 amide bonds. The van der Waals surface area contributed by atoms with Crippen molar-refractivity contribution in [2.45, 2.75) is 20.3 Å². The predicted molar refractivity (Wildman–Crippen MR) is 87.2 cm³/mol. The van der Waals surface area contributed by atoms with Crippen LogP contribution in [0.4, 0.5) is 0 Å². The smallest absolute Gasteiger partial charge is 0.119 e. The fourth-order valence-electron chi connectivity index (χ4n) is 2.98. The van der Waals surface area contributed by atoms with Crippen LogP contribution >= 0.6 is 12.2 Å². The summed E-state index contributed by atoms with van der Waals surface area (Å²) in [6.45, 7) is 8.76. The van der Waals surface area contributed by atoms with Crippen molar-refractivity contribution in [2.75, 3.05) is 26.2 Å². The second-order valence-corrected chi connectivity index (χ2v) is 6.38. The fraction of sp³-hybridized carbons (Fsp3) is 0.562. The maximum atomic E-state index is 5.79. The maximum absolute atomic E-state index is 5.79. The zero-order chi connectivity index (χ0) is 14.5. The Labute approximate surface area is 127 Å². The van der Waals surface area contributed by atoms with Gasteiger partial charge in [-0.05, 0) is 42.5 Å². The Morgan fingerprint density at radius 1 is 1.25 bits per heavy atom. The van der Waals surface area contributed by atoms with E-state index in [1.165, 1.54) is 19.5 Å². The molecule has 2 N–H and O–H groups in total. The van der Waals surface area contributed by atoms with E-state index in [0.717, 1.165) is 36.3 Å². The molecule has 1 saturated heterocycles. The molecule has 110 valence electrons. The highest BCUT2D eigenvalue weighted by Crippen LogP contribution is 2.20. The highest BCUT2D eigenvalue weighted by atomic mass is 32.1. The van der Waals surface area contributed by atoms with Crippen molar-refractivity contribution in [3.63, 3.8) is 0 Å². The van der Waals surface area contributed by atoms with Gasteiger partial charge in [-0.2, -0.15) is 0 Å². The van der Waals surface area contributed by atoms with E-state index < -0.39 is 0 Å². The van der Waals surface area contributed by atoms with Crippen LogP contribution in [0, 0.1) is 11.8 Å². The molecule has 2 unspecified atom stereocenters. The van der Waals surface area contributed by atoms with Crippen molar-refractivity contribution in [2.24, 2.45) is 17.6 Å². The lowest BCUT2D eigenvalue weighted by Gasteiger charge is -2.34. The van der Waals surface area contributed by atoms with Gasteiger partial charge in [0.05, 0.1) is 0 Å². The van der Waals surface area contributed by atoms with Gasteiger partial charge in [-0.1, -0.05) is 26.1 Å². The molecule has 2 rings (SSSR count). The quantitative estimate of drug-likeness (QED) is 0.847. The second-order valence-electron chi connectivity index (χ2n) is 5.94. The normalized spacial score (nSPS) is 23.5. The molecule has 1 aliphatic heterocycles. The van der Waals surface area contributed by atoms with Crippen LogP contribution in [0.25, 0.3) is 0 Å². The lowest BCUT2D eigenvalue weighted by Crippen LogP contribution is -2.40. The summed E-state index contributed by atoms with van der Waals surface area (Å²) in [5.41, 5.74) is 6.45. The van der Waals surface area contributed by atoms with Crippen molar-refractivity contribution in [3.05, 3.63) is 29.8 Å². The standard InChI is InChI=1S/C16H24N2OS/c1-12-9-13(2)11-18(10-12)7-8-19-15-5-3-14(4-6-15)16(17)20/h3-6,12-13H,7-11H2,1-2H3,(H2,17,20). The molecule has 0 aliphatic carbocycles. The summed E-state index contributed by atoms with van der Waals surface area (Å²) < 4.78 is 5.79. The molecule has 0 radical (unpaired) electrons. The summed E-state index contributed by atoms with van der Waals surface area (Å²) in [6, 6.07) is 7.66.